The predicted molar refractivity (Wildman–Crippen MR) is 111 cm³/mol. The maximum Gasteiger partial charge on any atom is 0.239 e. The first-order valence-corrected chi connectivity index (χ1v) is 9.14. The van der Waals surface area contributed by atoms with Crippen LogP contribution in [0.25, 0.3) is 44.1 Å². The van der Waals surface area contributed by atoms with Gasteiger partial charge in [-0.25, -0.2) is 4.98 Å². The molecule has 0 bridgehead atoms. The Morgan fingerprint density at radius 2 is 1.21 bits per heavy atom. The lowest BCUT2D eigenvalue weighted by Gasteiger charge is -2.10. The molecule has 2 aromatic heterocycles. The molecule has 5 aromatic rings. The van der Waals surface area contributed by atoms with E-state index in [1.807, 2.05) is 6.20 Å². The largest absolute Gasteiger partial charge is 1.00 e. The zero-order chi connectivity index (χ0) is 18.2. The number of hydrogen-bond acceptors (Lipinski definition) is 1. The molecule has 0 aliphatic rings. The highest BCUT2D eigenvalue weighted by Crippen LogP contribution is 2.34. The second kappa shape index (κ2) is 7.41. The van der Waals surface area contributed by atoms with E-state index in [1.54, 1.807) is 0 Å². The molecule has 0 atom stereocenters. The summed E-state index contributed by atoms with van der Waals surface area (Å²) in [5.74, 6) is 0. The van der Waals surface area contributed by atoms with E-state index >= 15 is 0 Å². The number of rotatable bonds is 2. The molecule has 28 heavy (non-hydrogen) atoms. The van der Waals surface area contributed by atoms with E-state index in [0.29, 0.717) is 0 Å². The van der Waals surface area contributed by atoms with Gasteiger partial charge in [-0.2, -0.15) is 4.57 Å². The summed E-state index contributed by atoms with van der Waals surface area (Å²) in [6.45, 7) is 0. The summed E-state index contributed by atoms with van der Waals surface area (Å²) in [5.41, 5.74) is 7.08. The first kappa shape index (κ1) is 18.1. The molecule has 2 heterocycles. The standard InChI is InChI=1S/C25H19N2.ClH/c1-27-17-15-21(19-10-6-3-7-11-19)23-13-12-22-20(18-8-4-2-5-9-18)14-16-26-24(22)25(23)27;/h2-17H,1H3;1H/q+1;/p-1. The normalized spacial score (nSPS) is 10.8. The highest BCUT2D eigenvalue weighted by atomic mass is 35.5. The highest BCUT2D eigenvalue weighted by molar-refractivity contribution is 6.10. The molecule has 5 rings (SSSR count). The van der Waals surface area contributed by atoms with Gasteiger partial charge in [0.15, 0.2) is 6.20 Å². The average Bonchev–Trinajstić information content (AvgIpc) is 2.74. The van der Waals surface area contributed by atoms with Crippen molar-refractivity contribution < 1.29 is 17.0 Å². The molecule has 0 radical (unpaired) electrons. The van der Waals surface area contributed by atoms with E-state index in [9.17, 15) is 0 Å². The lowest BCUT2D eigenvalue weighted by Crippen LogP contribution is -3.00. The molecule has 0 aliphatic heterocycles. The van der Waals surface area contributed by atoms with Crippen molar-refractivity contribution in [2.75, 3.05) is 0 Å². The molecule has 136 valence electrons. The molecule has 0 unspecified atom stereocenters. The van der Waals surface area contributed by atoms with Gasteiger partial charge in [-0.3, -0.25) is 0 Å². The summed E-state index contributed by atoms with van der Waals surface area (Å²) in [6.07, 6.45) is 4.04. The number of fused-ring (bicyclic) bond motifs is 3. The summed E-state index contributed by atoms with van der Waals surface area (Å²) in [7, 11) is 2.09. The van der Waals surface area contributed by atoms with Gasteiger partial charge in [-0.15, -0.1) is 0 Å². The van der Waals surface area contributed by atoms with Crippen LogP contribution in [0.4, 0.5) is 0 Å². The lowest BCUT2D eigenvalue weighted by molar-refractivity contribution is -0.644. The van der Waals surface area contributed by atoms with Crippen LogP contribution >= 0.6 is 0 Å². The average molecular weight is 383 g/mol. The molecule has 2 nitrogen and oxygen atoms in total. The van der Waals surface area contributed by atoms with Crippen LogP contribution in [-0.2, 0) is 7.05 Å². The first-order valence-electron chi connectivity index (χ1n) is 9.14. The molecule has 0 N–H and O–H groups in total. The number of benzene rings is 3. The quantitative estimate of drug-likeness (QED) is 0.339. The summed E-state index contributed by atoms with van der Waals surface area (Å²) in [5, 5.41) is 2.40. The molecular formula is C25H19ClN2. The van der Waals surface area contributed by atoms with Crippen molar-refractivity contribution in [2.24, 2.45) is 7.05 Å². The van der Waals surface area contributed by atoms with Crippen molar-refractivity contribution in [2.45, 2.75) is 0 Å². The van der Waals surface area contributed by atoms with Gasteiger partial charge in [0.2, 0.25) is 5.52 Å². The van der Waals surface area contributed by atoms with Gasteiger partial charge in [0.1, 0.15) is 12.6 Å². The monoisotopic (exact) mass is 382 g/mol. The van der Waals surface area contributed by atoms with Gasteiger partial charge in [0, 0.05) is 23.2 Å². The number of hydrogen-bond donors (Lipinski definition) is 0. The molecule has 3 heteroatoms. The van der Waals surface area contributed by atoms with Crippen molar-refractivity contribution in [3.8, 4) is 22.3 Å². The van der Waals surface area contributed by atoms with Gasteiger partial charge in [0.25, 0.3) is 0 Å². The van der Waals surface area contributed by atoms with E-state index in [-0.39, 0.29) is 12.4 Å². The van der Waals surface area contributed by atoms with Crippen LogP contribution in [0.15, 0.2) is 97.3 Å². The Bertz CT molecular complexity index is 1270. The highest BCUT2D eigenvalue weighted by Gasteiger charge is 2.17. The molecule has 0 amide bonds. The molecule has 3 aromatic carbocycles. The van der Waals surface area contributed by atoms with Crippen molar-refractivity contribution in [3.63, 3.8) is 0 Å². The van der Waals surface area contributed by atoms with Crippen molar-refractivity contribution in [3.05, 3.63) is 97.3 Å². The van der Waals surface area contributed by atoms with E-state index in [1.165, 1.54) is 33.0 Å². The van der Waals surface area contributed by atoms with E-state index < -0.39 is 0 Å². The van der Waals surface area contributed by atoms with Crippen molar-refractivity contribution >= 4 is 21.8 Å². The van der Waals surface area contributed by atoms with Gasteiger partial charge in [0.05, 0.1) is 5.39 Å². The Morgan fingerprint density at radius 1 is 0.643 bits per heavy atom. The van der Waals surface area contributed by atoms with Crippen LogP contribution in [0.1, 0.15) is 0 Å². The second-order valence-electron chi connectivity index (χ2n) is 6.79. The molecule has 0 spiro atoms. The Labute approximate surface area is 170 Å². The second-order valence-corrected chi connectivity index (χ2v) is 6.79. The third-order valence-electron chi connectivity index (χ3n) is 5.16. The van der Waals surface area contributed by atoms with Crippen molar-refractivity contribution in [1.29, 1.82) is 0 Å². The third kappa shape index (κ3) is 2.92. The number of nitrogens with zero attached hydrogens (tertiary/aromatic N) is 2. The molecular weight excluding hydrogens is 364 g/mol. The van der Waals surface area contributed by atoms with Crippen molar-refractivity contribution in [1.82, 2.24) is 4.98 Å². The Morgan fingerprint density at radius 3 is 1.86 bits per heavy atom. The topological polar surface area (TPSA) is 16.8 Å². The summed E-state index contributed by atoms with van der Waals surface area (Å²) >= 11 is 0. The fraction of sp³-hybridized carbons (Fsp3) is 0.0400. The minimum Gasteiger partial charge on any atom is -1.00 e. The fourth-order valence-corrected chi connectivity index (χ4v) is 3.87. The smallest absolute Gasteiger partial charge is 0.239 e. The maximum atomic E-state index is 4.77. The van der Waals surface area contributed by atoms with Gasteiger partial charge in [-0.05, 0) is 28.8 Å². The third-order valence-corrected chi connectivity index (χ3v) is 5.16. The maximum absolute atomic E-state index is 4.77. The molecule has 0 saturated heterocycles. The summed E-state index contributed by atoms with van der Waals surface area (Å²) in [6, 6.07) is 29.8. The molecule has 0 fully saturated rings. The summed E-state index contributed by atoms with van der Waals surface area (Å²) < 4.78 is 2.17. The van der Waals surface area contributed by atoms with Crippen LogP contribution in [0.2, 0.25) is 0 Å². The van der Waals surface area contributed by atoms with Gasteiger partial charge in [-0.1, -0.05) is 66.7 Å². The zero-order valence-electron chi connectivity index (χ0n) is 15.5. The molecule has 0 saturated carbocycles. The Balaban J connectivity index is 0.00000192. The number of aryl methyl sites for hydroxylation is 1. The minimum atomic E-state index is 0. The SMILES string of the molecule is C[n+]1ccc(-c2ccccc2)c2ccc3c(-c4ccccc4)ccnc3c21.[Cl-]. The van der Waals surface area contributed by atoms with Crippen LogP contribution < -0.4 is 17.0 Å². The van der Waals surface area contributed by atoms with E-state index in [4.69, 9.17) is 4.98 Å². The Hall–Kier alpha value is -3.23. The van der Waals surface area contributed by atoms with E-state index in [0.717, 1.165) is 11.0 Å². The van der Waals surface area contributed by atoms with Crippen LogP contribution in [0.5, 0.6) is 0 Å². The number of aromatic nitrogens is 2. The van der Waals surface area contributed by atoms with Crippen LogP contribution in [0.3, 0.4) is 0 Å². The number of halogens is 1. The van der Waals surface area contributed by atoms with E-state index in [2.05, 4.69) is 103 Å². The lowest BCUT2D eigenvalue weighted by atomic mass is 9.96. The Kier molecular flexibility index (Phi) is 4.81. The van der Waals surface area contributed by atoms with Crippen LogP contribution in [-0.4, -0.2) is 4.98 Å². The minimum absolute atomic E-state index is 0. The molecule has 0 aliphatic carbocycles. The predicted octanol–water partition coefficient (Wildman–Crippen LogP) is 2.55. The first-order chi connectivity index (χ1) is 13.3. The van der Waals surface area contributed by atoms with Gasteiger partial charge >= 0.3 is 0 Å². The zero-order valence-corrected chi connectivity index (χ0v) is 16.3. The van der Waals surface area contributed by atoms with Gasteiger partial charge < -0.3 is 12.4 Å². The fourth-order valence-electron chi connectivity index (χ4n) is 3.87. The number of pyridine rings is 2. The van der Waals surface area contributed by atoms with Crippen LogP contribution in [0, 0.1) is 0 Å². The summed E-state index contributed by atoms with van der Waals surface area (Å²) in [4.78, 5) is 4.77.